The van der Waals surface area contributed by atoms with Crippen LogP contribution in [-0.2, 0) is 13.2 Å². The standard InChI is InChI=1S/C32H30FIN2O5/c1-3-38-29-18-25(13-14-28(29)40-20-22-9-6-5-7-10-22)32(37)36-35-19-24-16-27(34)31(30(17-24)39-4-2)41-21-23-11-8-12-26(33)15-23/h5-19H,3-4,20-21H2,1-2H3,(H,36,37)/b35-19+. The average Bonchev–Trinajstić information content (AvgIpc) is 2.97. The van der Waals surface area contributed by atoms with Crippen molar-refractivity contribution in [2.75, 3.05) is 13.2 Å². The number of hydrazone groups is 1. The molecule has 0 aromatic heterocycles. The molecule has 0 radical (unpaired) electrons. The first-order valence-corrected chi connectivity index (χ1v) is 14.1. The number of hydrogen-bond acceptors (Lipinski definition) is 6. The zero-order valence-corrected chi connectivity index (χ0v) is 24.9. The van der Waals surface area contributed by atoms with Crippen LogP contribution in [0.5, 0.6) is 23.0 Å². The van der Waals surface area contributed by atoms with Crippen LogP contribution in [0.4, 0.5) is 4.39 Å². The Kier molecular flexibility index (Phi) is 10.9. The highest BCUT2D eigenvalue weighted by Crippen LogP contribution is 2.34. The quantitative estimate of drug-likeness (QED) is 0.0931. The van der Waals surface area contributed by atoms with Crippen LogP contribution in [0.1, 0.15) is 40.9 Å². The van der Waals surface area contributed by atoms with Crippen molar-refractivity contribution in [3.63, 3.8) is 0 Å². The summed E-state index contributed by atoms with van der Waals surface area (Å²) in [5.74, 6) is 1.39. The summed E-state index contributed by atoms with van der Waals surface area (Å²) >= 11 is 2.15. The third-order valence-corrected chi connectivity index (χ3v) is 6.53. The van der Waals surface area contributed by atoms with Gasteiger partial charge in [-0.2, -0.15) is 5.10 Å². The number of benzene rings is 4. The van der Waals surface area contributed by atoms with Gasteiger partial charge in [-0.25, -0.2) is 9.82 Å². The molecular formula is C32H30FIN2O5. The zero-order valence-electron chi connectivity index (χ0n) is 22.7. The maximum absolute atomic E-state index is 13.5. The largest absolute Gasteiger partial charge is 0.490 e. The molecule has 0 bridgehead atoms. The summed E-state index contributed by atoms with van der Waals surface area (Å²) in [6, 6.07) is 24.7. The van der Waals surface area contributed by atoms with Crippen molar-refractivity contribution in [3.05, 3.63) is 117 Å². The van der Waals surface area contributed by atoms with Crippen LogP contribution in [0.25, 0.3) is 0 Å². The van der Waals surface area contributed by atoms with E-state index in [0.717, 1.165) is 9.13 Å². The predicted molar refractivity (Wildman–Crippen MR) is 165 cm³/mol. The molecule has 0 aliphatic carbocycles. The van der Waals surface area contributed by atoms with E-state index in [1.807, 2.05) is 50.2 Å². The van der Waals surface area contributed by atoms with Gasteiger partial charge in [0.25, 0.3) is 5.91 Å². The van der Waals surface area contributed by atoms with E-state index in [9.17, 15) is 9.18 Å². The van der Waals surface area contributed by atoms with Gasteiger partial charge >= 0.3 is 0 Å². The van der Waals surface area contributed by atoms with Gasteiger partial charge in [0.05, 0.1) is 23.0 Å². The highest BCUT2D eigenvalue weighted by Gasteiger charge is 2.14. The van der Waals surface area contributed by atoms with Crippen LogP contribution in [-0.4, -0.2) is 25.3 Å². The van der Waals surface area contributed by atoms with Crippen LogP contribution < -0.4 is 24.4 Å². The van der Waals surface area contributed by atoms with E-state index in [1.165, 1.54) is 18.3 Å². The Bertz CT molecular complexity index is 1500. The molecule has 0 fully saturated rings. The SMILES string of the molecule is CCOc1cc(C(=O)N/N=C/c2cc(I)c(OCc3cccc(F)c3)c(OCC)c2)ccc1OCc1ccccc1. The predicted octanol–water partition coefficient (Wildman–Crippen LogP) is 7.15. The van der Waals surface area contributed by atoms with E-state index in [-0.39, 0.29) is 12.4 Å². The van der Waals surface area contributed by atoms with Gasteiger partial charge in [0, 0.05) is 5.56 Å². The number of halogens is 2. The summed E-state index contributed by atoms with van der Waals surface area (Å²) in [5, 5.41) is 4.13. The Morgan fingerprint density at radius 1 is 0.805 bits per heavy atom. The molecule has 4 rings (SSSR count). The Hall–Kier alpha value is -4.12. The molecule has 0 aliphatic rings. The lowest BCUT2D eigenvalue weighted by Crippen LogP contribution is -2.17. The molecule has 1 amide bonds. The van der Waals surface area contributed by atoms with Crippen molar-refractivity contribution in [1.29, 1.82) is 0 Å². The average molecular weight is 669 g/mol. The number of hydrogen-bond donors (Lipinski definition) is 1. The van der Waals surface area contributed by atoms with E-state index in [2.05, 4.69) is 33.1 Å². The second kappa shape index (κ2) is 15.0. The summed E-state index contributed by atoms with van der Waals surface area (Å²) < 4.78 is 37.7. The van der Waals surface area contributed by atoms with Crippen molar-refractivity contribution in [1.82, 2.24) is 5.43 Å². The fourth-order valence-corrected chi connectivity index (χ4v) is 4.63. The van der Waals surface area contributed by atoms with Crippen LogP contribution in [0.2, 0.25) is 0 Å². The van der Waals surface area contributed by atoms with Crippen LogP contribution in [0.15, 0.2) is 90.0 Å². The molecule has 0 saturated carbocycles. The van der Waals surface area contributed by atoms with Crippen LogP contribution in [0.3, 0.4) is 0 Å². The van der Waals surface area contributed by atoms with Crippen molar-refractivity contribution >= 4 is 34.7 Å². The number of carbonyl (C=O) groups excluding carboxylic acids is 1. The summed E-state index contributed by atoms with van der Waals surface area (Å²) in [5.41, 5.74) is 5.37. The third-order valence-electron chi connectivity index (χ3n) is 5.73. The van der Waals surface area contributed by atoms with E-state index in [0.29, 0.717) is 59.5 Å². The van der Waals surface area contributed by atoms with Gasteiger partial charge < -0.3 is 18.9 Å². The molecule has 1 N–H and O–H groups in total. The molecule has 4 aromatic carbocycles. The molecule has 0 spiro atoms. The fraction of sp³-hybridized carbons (Fsp3) is 0.188. The second-order valence-electron chi connectivity index (χ2n) is 8.75. The summed E-state index contributed by atoms with van der Waals surface area (Å²) in [7, 11) is 0. The number of rotatable bonds is 13. The van der Waals surface area contributed by atoms with E-state index in [1.54, 1.807) is 36.4 Å². The first-order chi connectivity index (χ1) is 20.0. The van der Waals surface area contributed by atoms with Gasteiger partial charge in [-0.1, -0.05) is 42.5 Å². The lowest BCUT2D eigenvalue weighted by molar-refractivity contribution is 0.0954. The summed E-state index contributed by atoms with van der Waals surface area (Å²) in [6.07, 6.45) is 1.53. The van der Waals surface area contributed by atoms with Crippen molar-refractivity contribution in [2.24, 2.45) is 5.10 Å². The van der Waals surface area contributed by atoms with Gasteiger partial charge in [-0.3, -0.25) is 4.79 Å². The van der Waals surface area contributed by atoms with Gasteiger partial charge in [-0.05, 0) is 95.6 Å². The van der Waals surface area contributed by atoms with Crippen molar-refractivity contribution in [2.45, 2.75) is 27.1 Å². The minimum absolute atomic E-state index is 0.192. The lowest BCUT2D eigenvalue weighted by Gasteiger charge is -2.15. The summed E-state index contributed by atoms with van der Waals surface area (Å²) in [6.45, 7) is 5.17. The normalized spacial score (nSPS) is 10.8. The topological polar surface area (TPSA) is 78.4 Å². The minimum atomic E-state index is -0.397. The Labute approximate surface area is 252 Å². The van der Waals surface area contributed by atoms with Crippen LogP contribution in [0, 0.1) is 9.39 Å². The highest BCUT2D eigenvalue weighted by molar-refractivity contribution is 14.1. The Balaban J connectivity index is 1.42. The molecule has 0 saturated heterocycles. The smallest absolute Gasteiger partial charge is 0.271 e. The molecule has 4 aromatic rings. The molecular weight excluding hydrogens is 638 g/mol. The second-order valence-corrected chi connectivity index (χ2v) is 9.91. The van der Waals surface area contributed by atoms with Crippen molar-refractivity contribution < 1.29 is 28.1 Å². The highest BCUT2D eigenvalue weighted by atomic mass is 127. The van der Waals surface area contributed by atoms with Gasteiger partial charge in [-0.15, -0.1) is 0 Å². The van der Waals surface area contributed by atoms with E-state index < -0.39 is 5.91 Å². The number of ether oxygens (including phenoxy) is 4. The first kappa shape index (κ1) is 29.9. The van der Waals surface area contributed by atoms with Crippen molar-refractivity contribution in [3.8, 4) is 23.0 Å². The molecule has 9 heteroatoms. The minimum Gasteiger partial charge on any atom is -0.490 e. The number of nitrogens with zero attached hydrogens (tertiary/aromatic N) is 1. The third kappa shape index (κ3) is 8.68. The molecule has 0 aliphatic heterocycles. The molecule has 0 unspecified atom stereocenters. The van der Waals surface area contributed by atoms with E-state index in [4.69, 9.17) is 18.9 Å². The maximum Gasteiger partial charge on any atom is 0.271 e. The molecule has 212 valence electrons. The zero-order chi connectivity index (χ0) is 29.0. The molecule has 0 heterocycles. The monoisotopic (exact) mass is 668 g/mol. The summed E-state index contributed by atoms with van der Waals surface area (Å²) in [4.78, 5) is 12.8. The van der Waals surface area contributed by atoms with Crippen LogP contribution >= 0.6 is 22.6 Å². The fourth-order valence-electron chi connectivity index (χ4n) is 3.85. The van der Waals surface area contributed by atoms with E-state index >= 15 is 0 Å². The molecule has 0 atom stereocenters. The van der Waals surface area contributed by atoms with Gasteiger partial charge in [0.1, 0.15) is 19.0 Å². The van der Waals surface area contributed by atoms with Gasteiger partial charge in [0.15, 0.2) is 23.0 Å². The number of carbonyl (C=O) groups is 1. The molecule has 41 heavy (non-hydrogen) atoms. The number of amides is 1. The Morgan fingerprint density at radius 2 is 1.54 bits per heavy atom. The first-order valence-electron chi connectivity index (χ1n) is 13.1. The molecule has 7 nitrogen and oxygen atoms in total. The Morgan fingerprint density at radius 3 is 2.29 bits per heavy atom. The number of nitrogens with one attached hydrogen (secondary N) is 1. The maximum atomic E-state index is 13.5. The van der Waals surface area contributed by atoms with Gasteiger partial charge in [0.2, 0.25) is 0 Å². The lowest BCUT2D eigenvalue weighted by atomic mass is 10.2.